The summed E-state index contributed by atoms with van der Waals surface area (Å²) in [5, 5.41) is 10.1. The Morgan fingerprint density at radius 3 is 2.48 bits per heavy atom. The standard InChI is InChI=1S/C17H24ClNO2/c18-16-9-7-14(8-10-16)5-4-6-15(17(20)21)13-19-11-2-1-3-12-19/h7-10,15H,1-6,11-13H2,(H,20,21). The van der Waals surface area contributed by atoms with Gasteiger partial charge in [-0.1, -0.05) is 30.2 Å². The number of likely N-dealkylation sites (tertiary alicyclic amines) is 1. The summed E-state index contributed by atoms with van der Waals surface area (Å²) in [5.74, 6) is -0.896. The summed E-state index contributed by atoms with van der Waals surface area (Å²) in [7, 11) is 0. The molecule has 0 radical (unpaired) electrons. The third kappa shape index (κ3) is 5.68. The first-order valence-corrected chi connectivity index (χ1v) is 8.22. The van der Waals surface area contributed by atoms with Crippen LogP contribution in [0, 0.1) is 5.92 Å². The van der Waals surface area contributed by atoms with Crippen LogP contribution in [-0.2, 0) is 11.2 Å². The number of hydrogen-bond acceptors (Lipinski definition) is 2. The average Bonchev–Trinajstić information content (AvgIpc) is 2.49. The average molecular weight is 310 g/mol. The van der Waals surface area contributed by atoms with Crippen LogP contribution in [0.25, 0.3) is 0 Å². The van der Waals surface area contributed by atoms with Crippen molar-refractivity contribution in [2.24, 2.45) is 5.92 Å². The van der Waals surface area contributed by atoms with Crippen molar-refractivity contribution in [2.45, 2.75) is 38.5 Å². The van der Waals surface area contributed by atoms with E-state index in [0.717, 1.165) is 37.4 Å². The van der Waals surface area contributed by atoms with Crippen molar-refractivity contribution in [1.29, 1.82) is 0 Å². The molecule has 21 heavy (non-hydrogen) atoms. The Hall–Kier alpha value is -1.06. The number of rotatable bonds is 7. The smallest absolute Gasteiger partial charge is 0.307 e. The van der Waals surface area contributed by atoms with Crippen LogP contribution in [0.1, 0.15) is 37.7 Å². The fourth-order valence-electron chi connectivity index (χ4n) is 2.95. The maximum Gasteiger partial charge on any atom is 0.307 e. The third-order valence-corrected chi connectivity index (χ3v) is 4.46. The molecule has 1 unspecified atom stereocenters. The molecule has 0 amide bonds. The molecule has 1 aliphatic heterocycles. The molecular formula is C17H24ClNO2. The quantitative estimate of drug-likeness (QED) is 0.831. The first kappa shape index (κ1) is 16.3. The number of halogens is 1. The van der Waals surface area contributed by atoms with Crippen molar-refractivity contribution in [2.75, 3.05) is 19.6 Å². The highest BCUT2D eigenvalue weighted by Crippen LogP contribution is 2.17. The fraction of sp³-hybridized carbons (Fsp3) is 0.588. The number of carbonyl (C=O) groups is 1. The van der Waals surface area contributed by atoms with Gasteiger partial charge in [0.05, 0.1) is 5.92 Å². The molecule has 0 aromatic heterocycles. The van der Waals surface area contributed by atoms with E-state index < -0.39 is 5.97 Å². The van der Waals surface area contributed by atoms with Crippen molar-refractivity contribution in [3.8, 4) is 0 Å². The molecule has 2 rings (SSSR count). The van der Waals surface area contributed by atoms with Gasteiger partial charge < -0.3 is 10.0 Å². The van der Waals surface area contributed by atoms with Gasteiger partial charge in [-0.15, -0.1) is 0 Å². The molecule has 1 N–H and O–H groups in total. The molecule has 3 nitrogen and oxygen atoms in total. The second kappa shape index (κ2) is 8.40. The fourth-order valence-corrected chi connectivity index (χ4v) is 3.08. The van der Waals surface area contributed by atoms with Gasteiger partial charge in [0.2, 0.25) is 0 Å². The van der Waals surface area contributed by atoms with E-state index in [1.165, 1.54) is 24.8 Å². The van der Waals surface area contributed by atoms with Gasteiger partial charge in [-0.3, -0.25) is 4.79 Å². The van der Waals surface area contributed by atoms with Gasteiger partial charge in [-0.05, 0) is 62.9 Å². The summed E-state index contributed by atoms with van der Waals surface area (Å²) in [6, 6.07) is 7.81. The Kier molecular flexibility index (Phi) is 6.52. The van der Waals surface area contributed by atoms with E-state index in [2.05, 4.69) is 4.90 Å². The molecule has 4 heteroatoms. The minimum atomic E-state index is -0.656. The molecule has 1 aliphatic rings. The van der Waals surface area contributed by atoms with E-state index in [9.17, 15) is 9.90 Å². The molecule has 0 bridgehead atoms. The van der Waals surface area contributed by atoms with E-state index in [0.29, 0.717) is 6.54 Å². The summed E-state index contributed by atoms with van der Waals surface area (Å²) in [6.07, 6.45) is 6.26. The summed E-state index contributed by atoms with van der Waals surface area (Å²) < 4.78 is 0. The van der Waals surface area contributed by atoms with Crippen LogP contribution in [0.3, 0.4) is 0 Å². The predicted octanol–water partition coefficient (Wildman–Crippen LogP) is 3.85. The van der Waals surface area contributed by atoms with Crippen molar-refractivity contribution in [3.05, 3.63) is 34.9 Å². The lowest BCUT2D eigenvalue weighted by molar-refractivity contribution is -0.142. The largest absolute Gasteiger partial charge is 0.481 e. The van der Waals surface area contributed by atoms with Gasteiger partial charge in [0.25, 0.3) is 0 Å². The topological polar surface area (TPSA) is 40.5 Å². The van der Waals surface area contributed by atoms with Crippen molar-refractivity contribution in [3.63, 3.8) is 0 Å². The first-order chi connectivity index (χ1) is 10.1. The van der Waals surface area contributed by atoms with Gasteiger partial charge in [-0.25, -0.2) is 0 Å². The number of aryl methyl sites for hydroxylation is 1. The Balaban J connectivity index is 1.76. The Morgan fingerprint density at radius 1 is 1.19 bits per heavy atom. The van der Waals surface area contributed by atoms with Crippen LogP contribution in [0.5, 0.6) is 0 Å². The van der Waals surface area contributed by atoms with E-state index >= 15 is 0 Å². The molecule has 1 saturated heterocycles. The SMILES string of the molecule is O=C(O)C(CCCc1ccc(Cl)cc1)CN1CCCCC1. The van der Waals surface area contributed by atoms with Crippen LogP contribution in [0.15, 0.2) is 24.3 Å². The predicted molar refractivity (Wildman–Crippen MR) is 85.8 cm³/mol. The number of piperidine rings is 1. The van der Waals surface area contributed by atoms with Crippen LogP contribution in [-0.4, -0.2) is 35.6 Å². The van der Waals surface area contributed by atoms with E-state index in [1.54, 1.807) is 0 Å². The second-order valence-electron chi connectivity index (χ2n) is 5.92. The van der Waals surface area contributed by atoms with Gasteiger partial charge >= 0.3 is 5.97 Å². The molecule has 0 aliphatic carbocycles. The summed E-state index contributed by atoms with van der Waals surface area (Å²) >= 11 is 5.86. The molecule has 1 atom stereocenters. The van der Waals surface area contributed by atoms with E-state index in [1.807, 2.05) is 24.3 Å². The second-order valence-corrected chi connectivity index (χ2v) is 6.35. The van der Waals surface area contributed by atoms with E-state index in [4.69, 9.17) is 11.6 Å². The number of benzene rings is 1. The van der Waals surface area contributed by atoms with Gasteiger partial charge in [0.1, 0.15) is 0 Å². The molecular weight excluding hydrogens is 286 g/mol. The molecule has 0 spiro atoms. The van der Waals surface area contributed by atoms with Gasteiger partial charge in [0.15, 0.2) is 0 Å². The number of carboxylic acids is 1. The molecule has 116 valence electrons. The highest BCUT2D eigenvalue weighted by atomic mass is 35.5. The lowest BCUT2D eigenvalue weighted by Crippen LogP contribution is -2.36. The Bertz CT molecular complexity index is 441. The minimum absolute atomic E-state index is 0.240. The highest BCUT2D eigenvalue weighted by Gasteiger charge is 2.21. The van der Waals surface area contributed by atoms with Crippen LogP contribution in [0.4, 0.5) is 0 Å². The van der Waals surface area contributed by atoms with Gasteiger partial charge in [-0.2, -0.15) is 0 Å². The zero-order valence-corrected chi connectivity index (χ0v) is 13.2. The third-order valence-electron chi connectivity index (χ3n) is 4.21. The lowest BCUT2D eigenvalue weighted by Gasteiger charge is -2.28. The van der Waals surface area contributed by atoms with Crippen molar-refractivity contribution < 1.29 is 9.90 Å². The van der Waals surface area contributed by atoms with Crippen LogP contribution < -0.4 is 0 Å². The monoisotopic (exact) mass is 309 g/mol. The molecule has 0 saturated carbocycles. The molecule has 1 heterocycles. The lowest BCUT2D eigenvalue weighted by atomic mass is 9.98. The minimum Gasteiger partial charge on any atom is -0.481 e. The van der Waals surface area contributed by atoms with E-state index in [-0.39, 0.29) is 5.92 Å². The Morgan fingerprint density at radius 2 is 1.86 bits per heavy atom. The number of nitrogens with zero attached hydrogens (tertiary/aromatic N) is 1. The van der Waals surface area contributed by atoms with Crippen LogP contribution >= 0.6 is 11.6 Å². The number of carboxylic acid groups (broad SMARTS) is 1. The maximum atomic E-state index is 11.4. The summed E-state index contributed by atoms with van der Waals surface area (Å²) in [5.41, 5.74) is 1.22. The number of aliphatic carboxylic acids is 1. The molecule has 1 fully saturated rings. The molecule has 1 aromatic carbocycles. The van der Waals surface area contributed by atoms with Gasteiger partial charge in [0, 0.05) is 11.6 Å². The first-order valence-electron chi connectivity index (χ1n) is 7.85. The highest BCUT2D eigenvalue weighted by molar-refractivity contribution is 6.30. The van der Waals surface area contributed by atoms with Crippen molar-refractivity contribution >= 4 is 17.6 Å². The maximum absolute atomic E-state index is 11.4. The molecule has 1 aromatic rings. The van der Waals surface area contributed by atoms with Crippen LogP contribution in [0.2, 0.25) is 5.02 Å². The zero-order chi connectivity index (χ0) is 15.1. The zero-order valence-electron chi connectivity index (χ0n) is 12.4. The Labute approximate surface area is 131 Å². The normalized spacial score (nSPS) is 17.6. The van der Waals surface area contributed by atoms with Crippen molar-refractivity contribution in [1.82, 2.24) is 4.90 Å². The number of hydrogen-bond donors (Lipinski definition) is 1. The summed E-state index contributed by atoms with van der Waals surface area (Å²) in [4.78, 5) is 13.7. The summed E-state index contributed by atoms with van der Waals surface area (Å²) in [6.45, 7) is 2.82.